The molecule has 4 heteroatoms. The van der Waals surface area contributed by atoms with Crippen molar-refractivity contribution in [3.8, 4) is 0 Å². The molecule has 3 rings (SSSR count). The van der Waals surface area contributed by atoms with Crippen molar-refractivity contribution in [2.24, 2.45) is 16.0 Å². The molecule has 1 fully saturated rings. The lowest BCUT2D eigenvalue weighted by Crippen LogP contribution is -2.48. The minimum absolute atomic E-state index is 0.204. The van der Waals surface area contributed by atoms with Gasteiger partial charge in [-0.3, -0.25) is 9.89 Å². The van der Waals surface area contributed by atoms with Crippen LogP contribution < -0.4 is 5.01 Å². The normalized spacial score (nSPS) is 22.1. The van der Waals surface area contributed by atoms with Gasteiger partial charge in [0.05, 0.1) is 11.7 Å². The Bertz CT molecular complexity index is 723. The highest BCUT2D eigenvalue weighted by Crippen LogP contribution is 2.34. The van der Waals surface area contributed by atoms with Crippen LogP contribution in [0.5, 0.6) is 0 Å². The van der Waals surface area contributed by atoms with Crippen LogP contribution in [0.3, 0.4) is 0 Å². The van der Waals surface area contributed by atoms with Gasteiger partial charge in [-0.25, -0.2) is 5.01 Å². The van der Waals surface area contributed by atoms with Crippen LogP contribution in [-0.4, -0.2) is 43.6 Å². The largest absolute Gasteiger partial charge is 0.290 e. The predicted octanol–water partition coefficient (Wildman–Crippen LogP) is 5.35. The molecule has 28 heavy (non-hydrogen) atoms. The number of allylic oxidation sites excluding steroid dienone is 1. The fraction of sp³-hybridized carbons (Fsp3) is 0.583. The summed E-state index contributed by atoms with van der Waals surface area (Å²) in [6.45, 7) is 12.8. The van der Waals surface area contributed by atoms with Crippen molar-refractivity contribution in [1.82, 2.24) is 4.90 Å². The molecule has 0 saturated carbocycles. The molecule has 1 aromatic rings. The first-order valence-electron chi connectivity index (χ1n) is 10.8. The van der Waals surface area contributed by atoms with Gasteiger partial charge >= 0.3 is 0 Å². The summed E-state index contributed by atoms with van der Waals surface area (Å²) in [5.41, 5.74) is 5.05. The zero-order chi connectivity index (χ0) is 20.1. The van der Waals surface area contributed by atoms with Gasteiger partial charge in [0.25, 0.3) is 0 Å². The Morgan fingerprint density at radius 2 is 1.93 bits per heavy atom. The topological polar surface area (TPSA) is 31.2 Å². The van der Waals surface area contributed by atoms with Crippen molar-refractivity contribution in [2.45, 2.75) is 65.3 Å². The minimum atomic E-state index is 0.204. The molecule has 0 N–H and O–H groups in total. The Hall–Kier alpha value is -1.94. The van der Waals surface area contributed by atoms with E-state index in [0.717, 1.165) is 37.0 Å². The average molecular weight is 381 g/mol. The molecule has 2 atom stereocenters. The van der Waals surface area contributed by atoms with E-state index < -0.39 is 0 Å². The number of hydrogen-bond acceptors (Lipinski definition) is 3. The number of hydrogen-bond donors (Lipinski definition) is 0. The zero-order valence-electron chi connectivity index (χ0n) is 18.1. The third-order valence-electron chi connectivity index (χ3n) is 6.47. The molecule has 2 aliphatic rings. The van der Waals surface area contributed by atoms with E-state index >= 15 is 0 Å². The SMILES string of the molecule is C=NN(/C(=N\C)C(C1=CCC(CC)CC1)N1CCCC1)c1c(C)cccc1C. The van der Waals surface area contributed by atoms with E-state index in [1.165, 1.54) is 48.8 Å². The Kier molecular flexibility index (Phi) is 7.06. The lowest BCUT2D eigenvalue weighted by Gasteiger charge is -2.37. The zero-order valence-corrected chi connectivity index (χ0v) is 18.1. The standard InChI is InChI=1S/C24H36N4/c1-6-20-12-14-21(15-13-20)23(27-16-7-8-17-27)24(25-4)28(26-5)22-18(2)10-9-11-19(22)3/h9-11,14,20,23H,5-8,12-13,15-17H2,1-4H3/b25-24-. The maximum absolute atomic E-state index is 4.80. The van der Waals surface area contributed by atoms with Crippen molar-refractivity contribution in [2.75, 3.05) is 25.1 Å². The van der Waals surface area contributed by atoms with Crippen molar-refractivity contribution in [1.29, 1.82) is 0 Å². The second kappa shape index (κ2) is 9.51. The van der Waals surface area contributed by atoms with E-state index in [9.17, 15) is 0 Å². The first-order valence-corrected chi connectivity index (χ1v) is 10.8. The smallest absolute Gasteiger partial charge is 0.146 e. The number of hydrazone groups is 1. The van der Waals surface area contributed by atoms with Crippen LogP contribution in [0.15, 0.2) is 39.9 Å². The summed E-state index contributed by atoms with van der Waals surface area (Å²) >= 11 is 0. The average Bonchev–Trinajstić information content (AvgIpc) is 3.24. The number of amidine groups is 1. The van der Waals surface area contributed by atoms with E-state index in [-0.39, 0.29) is 6.04 Å². The van der Waals surface area contributed by atoms with Crippen molar-refractivity contribution in [3.63, 3.8) is 0 Å². The number of likely N-dealkylation sites (tertiary alicyclic amines) is 1. The first-order chi connectivity index (χ1) is 13.6. The molecular formula is C24H36N4. The van der Waals surface area contributed by atoms with Gasteiger partial charge < -0.3 is 0 Å². The number of anilines is 1. The molecule has 0 bridgehead atoms. The summed E-state index contributed by atoms with van der Waals surface area (Å²) in [7, 11) is 1.91. The molecule has 1 heterocycles. The molecule has 1 saturated heterocycles. The summed E-state index contributed by atoms with van der Waals surface area (Å²) in [6.07, 6.45) is 9.95. The Balaban J connectivity index is 2.01. The molecule has 1 aliphatic heterocycles. The molecule has 2 unspecified atom stereocenters. The van der Waals surface area contributed by atoms with E-state index in [2.05, 4.69) is 61.8 Å². The molecule has 1 aromatic carbocycles. The quantitative estimate of drug-likeness (QED) is 0.288. The van der Waals surface area contributed by atoms with Gasteiger partial charge in [0, 0.05) is 13.8 Å². The first kappa shape index (κ1) is 20.8. The van der Waals surface area contributed by atoms with Gasteiger partial charge in [0.15, 0.2) is 0 Å². The van der Waals surface area contributed by atoms with Crippen LogP contribution in [-0.2, 0) is 0 Å². The van der Waals surface area contributed by atoms with Crippen molar-refractivity contribution in [3.05, 3.63) is 41.0 Å². The van der Waals surface area contributed by atoms with Crippen molar-refractivity contribution >= 4 is 18.2 Å². The van der Waals surface area contributed by atoms with Gasteiger partial charge in [0.2, 0.25) is 0 Å². The molecule has 4 nitrogen and oxygen atoms in total. The number of rotatable bonds is 6. The van der Waals surface area contributed by atoms with Crippen LogP contribution in [0.2, 0.25) is 0 Å². The number of benzene rings is 1. The predicted molar refractivity (Wildman–Crippen MR) is 122 cm³/mol. The number of aryl methyl sites for hydroxylation is 2. The Labute approximate surface area is 171 Å². The Morgan fingerprint density at radius 1 is 1.25 bits per heavy atom. The fourth-order valence-electron chi connectivity index (χ4n) is 4.82. The number of para-hydroxylation sites is 1. The summed E-state index contributed by atoms with van der Waals surface area (Å²) < 4.78 is 0. The molecule has 0 spiro atoms. The highest BCUT2D eigenvalue weighted by atomic mass is 15.5. The highest BCUT2D eigenvalue weighted by molar-refractivity contribution is 6.04. The number of nitrogens with zero attached hydrogens (tertiary/aromatic N) is 4. The van der Waals surface area contributed by atoms with Gasteiger partial charge in [-0.1, -0.05) is 37.6 Å². The minimum Gasteiger partial charge on any atom is -0.290 e. The van der Waals surface area contributed by atoms with E-state index in [1.807, 2.05) is 12.1 Å². The van der Waals surface area contributed by atoms with Gasteiger partial charge in [-0.15, -0.1) is 0 Å². The van der Waals surface area contributed by atoms with Gasteiger partial charge in [-0.2, -0.15) is 5.10 Å². The van der Waals surface area contributed by atoms with Crippen LogP contribution in [0.4, 0.5) is 5.69 Å². The third kappa shape index (κ3) is 4.22. The molecule has 0 amide bonds. The molecule has 152 valence electrons. The van der Waals surface area contributed by atoms with Crippen LogP contribution in [0, 0.1) is 19.8 Å². The second-order valence-corrected chi connectivity index (χ2v) is 8.25. The monoisotopic (exact) mass is 380 g/mol. The molecule has 1 aliphatic carbocycles. The highest BCUT2D eigenvalue weighted by Gasteiger charge is 2.34. The second-order valence-electron chi connectivity index (χ2n) is 8.25. The maximum atomic E-state index is 4.80. The molecular weight excluding hydrogens is 344 g/mol. The lowest BCUT2D eigenvalue weighted by molar-refractivity contribution is 0.310. The Morgan fingerprint density at radius 3 is 2.43 bits per heavy atom. The van der Waals surface area contributed by atoms with E-state index in [0.29, 0.717) is 0 Å². The molecule has 0 aromatic heterocycles. The summed E-state index contributed by atoms with van der Waals surface area (Å²) in [6, 6.07) is 6.59. The van der Waals surface area contributed by atoms with Crippen molar-refractivity contribution < 1.29 is 0 Å². The van der Waals surface area contributed by atoms with Gasteiger partial charge in [0.1, 0.15) is 5.84 Å². The van der Waals surface area contributed by atoms with Crippen LogP contribution in [0.25, 0.3) is 0 Å². The van der Waals surface area contributed by atoms with E-state index in [1.54, 1.807) is 0 Å². The summed E-state index contributed by atoms with van der Waals surface area (Å²) in [5.74, 6) is 1.84. The summed E-state index contributed by atoms with van der Waals surface area (Å²) in [4.78, 5) is 7.41. The third-order valence-corrected chi connectivity index (χ3v) is 6.47. The van der Waals surface area contributed by atoms with E-state index in [4.69, 9.17) is 4.99 Å². The summed E-state index contributed by atoms with van der Waals surface area (Å²) in [5, 5.41) is 6.47. The molecule has 0 radical (unpaired) electrons. The van der Waals surface area contributed by atoms with Gasteiger partial charge in [-0.05, 0) is 81.7 Å². The fourth-order valence-corrected chi connectivity index (χ4v) is 4.82. The number of aliphatic imine (C=N–C) groups is 1. The van der Waals surface area contributed by atoms with Crippen LogP contribution >= 0.6 is 0 Å². The van der Waals surface area contributed by atoms with Crippen LogP contribution in [0.1, 0.15) is 56.6 Å². The maximum Gasteiger partial charge on any atom is 0.146 e. The lowest BCUT2D eigenvalue weighted by atomic mass is 9.84.